The molecule has 11 nitrogen and oxygen atoms in total. The van der Waals surface area contributed by atoms with Gasteiger partial charge in [0.2, 0.25) is 5.91 Å². The molecular weight excluding hydrogens is 330 g/mol. The Hall–Kier alpha value is -3.24. The Morgan fingerprint density at radius 1 is 1.36 bits per heavy atom. The molecule has 0 bridgehead atoms. The van der Waals surface area contributed by atoms with Crippen LogP contribution in [0.4, 0.5) is 11.4 Å². The summed E-state index contributed by atoms with van der Waals surface area (Å²) in [6.45, 7) is 3.84. The third-order valence-electron chi connectivity index (χ3n) is 3.58. The third-order valence-corrected chi connectivity index (χ3v) is 3.58. The van der Waals surface area contributed by atoms with Crippen molar-refractivity contribution in [3.05, 3.63) is 34.4 Å². The van der Waals surface area contributed by atoms with Gasteiger partial charge in [0.05, 0.1) is 16.8 Å². The molecule has 0 radical (unpaired) electrons. The van der Waals surface area contributed by atoms with Crippen LogP contribution < -0.4 is 5.32 Å². The van der Waals surface area contributed by atoms with Gasteiger partial charge in [-0.2, -0.15) is 10.2 Å². The van der Waals surface area contributed by atoms with Crippen molar-refractivity contribution in [1.29, 1.82) is 0 Å². The van der Waals surface area contributed by atoms with Gasteiger partial charge < -0.3 is 10.2 Å². The van der Waals surface area contributed by atoms with Crippen LogP contribution in [0.3, 0.4) is 0 Å². The molecule has 0 aliphatic heterocycles. The molecule has 11 heteroatoms. The predicted octanol–water partition coefficient (Wildman–Crippen LogP) is 0.909. The molecule has 0 aliphatic carbocycles. The topological polar surface area (TPSA) is 128 Å². The fourth-order valence-corrected chi connectivity index (χ4v) is 2.15. The number of carbonyl (C=O) groups excluding carboxylic acids is 2. The Morgan fingerprint density at radius 2 is 2.04 bits per heavy atom. The van der Waals surface area contributed by atoms with Gasteiger partial charge in [-0.25, -0.2) is 0 Å². The Kier molecular flexibility index (Phi) is 5.15. The molecule has 0 aliphatic rings. The third kappa shape index (κ3) is 3.65. The fourth-order valence-electron chi connectivity index (χ4n) is 2.15. The van der Waals surface area contributed by atoms with E-state index < -0.39 is 16.9 Å². The lowest BCUT2D eigenvalue weighted by Crippen LogP contribution is -2.28. The van der Waals surface area contributed by atoms with Gasteiger partial charge in [-0.15, -0.1) is 0 Å². The molecule has 0 saturated carbocycles. The first-order valence-electron chi connectivity index (χ1n) is 7.53. The van der Waals surface area contributed by atoms with Gasteiger partial charge in [-0.3, -0.25) is 29.1 Å². The standard InChI is InChI=1S/C14H19N7O4/c1-5-19-12(14(23)18(3)4)11(7-16-19)17-13(22)9(2)20-8-10(6-15-20)21(24)25/h6-9H,5H2,1-4H3,(H,17,22). The molecule has 0 saturated heterocycles. The van der Waals surface area contributed by atoms with Crippen molar-refractivity contribution >= 4 is 23.2 Å². The second-order valence-corrected chi connectivity index (χ2v) is 5.52. The summed E-state index contributed by atoms with van der Waals surface area (Å²) < 4.78 is 2.67. The summed E-state index contributed by atoms with van der Waals surface area (Å²) in [5.74, 6) is -0.765. The summed E-state index contributed by atoms with van der Waals surface area (Å²) in [5.41, 5.74) is 0.334. The molecule has 0 spiro atoms. The first-order chi connectivity index (χ1) is 11.8. The van der Waals surface area contributed by atoms with E-state index in [9.17, 15) is 19.7 Å². The van der Waals surface area contributed by atoms with Crippen molar-refractivity contribution in [3.8, 4) is 0 Å². The maximum Gasteiger partial charge on any atom is 0.307 e. The van der Waals surface area contributed by atoms with Crippen LogP contribution in [0.15, 0.2) is 18.6 Å². The number of aryl methyl sites for hydroxylation is 1. The normalized spacial score (nSPS) is 11.8. The van der Waals surface area contributed by atoms with Crippen molar-refractivity contribution in [3.63, 3.8) is 0 Å². The number of anilines is 1. The number of rotatable bonds is 6. The maximum absolute atomic E-state index is 12.4. The molecule has 2 aromatic rings. The van der Waals surface area contributed by atoms with Crippen LogP contribution in [0, 0.1) is 10.1 Å². The van der Waals surface area contributed by atoms with E-state index in [2.05, 4.69) is 15.5 Å². The lowest BCUT2D eigenvalue weighted by molar-refractivity contribution is -0.385. The van der Waals surface area contributed by atoms with E-state index in [4.69, 9.17) is 0 Å². The predicted molar refractivity (Wildman–Crippen MR) is 88.1 cm³/mol. The highest BCUT2D eigenvalue weighted by Crippen LogP contribution is 2.19. The number of nitro groups is 1. The molecule has 2 heterocycles. The van der Waals surface area contributed by atoms with Gasteiger partial charge in [0.15, 0.2) is 0 Å². The van der Waals surface area contributed by atoms with E-state index in [0.717, 1.165) is 6.20 Å². The minimum absolute atomic E-state index is 0.207. The van der Waals surface area contributed by atoms with Gasteiger partial charge in [-0.05, 0) is 13.8 Å². The molecule has 0 aromatic carbocycles. The lowest BCUT2D eigenvalue weighted by Gasteiger charge is -2.15. The number of hydrogen-bond donors (Lipinski definition) is 1. The van der Waals surface area contributed by atoms with Crippen molar-refractivity contribution in [2.75, 3.05) is 19.4 Å². The van der Waals surface area contributed by atoms with Crippen LogP contribution in [-0.2, 0) is 11.3 Å². The van der Waals surface area contributed by atoms with E-state index in [0.29, 0.717) is 6.54 Å². The number of carbonyl (C=O) groups is 2. The molecule has 1 N–H and O–H groups in total. The SMILES string of the molecule is CCn1ncc(NC(=O)C(C)n2cc([N+](=O)[O-])cn2)c1C(=O)N(C)C. The number of aromatic nitrogens is 4. The van der Waals surface area contributed by atoms with Gasteiger partial charge in [0.1, 0.15) is 24.1 Å². The minimum atomic E-state index is -0.805. The summed E-state index contributed by atoms with van der Waals surface area (Å²) in [6, 6.07) is -0.805. The van der Waals surface area contributed by atoms with E-state index in [1.54, 1.807) is 21.0 Å². The molecule has 2 aromatic heterocycles. The highest BCUT2D eigenvalue weighted by molar-refractivity contribution is 6.03. The number of hydrogen-bond acceptors (Lipinski definition) is 6. The first-order valence-corrected chi connectivity index (χ1v) is 7.53. The van der Waals surface area contributed by atoms with E-state index >= 15 is 0 Å². The zero-order valence-corrected chi connectivity index (χ0v) is 14.3. The molecule has 25 heavy (non-hydrogen) atoms. The summed E-state index contributed by atoms with van der Waals surface area (Å²) in [4.78, 5) is 36.3. The monoisotopic (exact) mass is 349 g/mol. The van der Waals surface area contributed by atoms with Gasteiger partial charge >= 0.3 is 5.69 Å². The van der Waals surface area contributed by atoms with Crippen molar-refractivity contribution in [2.45, 2.75) is 26.4 Å². The summed E-state index contributed by atoms with van der Waals surface area (Å²) in [5, 5.41) is 21.3. The molecule has 1 atom stereocenters. The van der Waals surface area contributed by atoms with E-state index in [1.165, 1.54) is 26.7 Å². The molecular formula is C14H19N7O4. The lowest BCUT2D eigenvalue weighted by atomic mass is 10.2. The van der Waals surface area contributed by atoms with Crippen LogP contribution >= 0.6 is 0 Å². The van der Waals surface area contributed by atoms with Crippen molar-refractivity contribution in [1.82, 2.24) is 24.5 Å². The summed E-state index contributed by atoms with van der Waals surface area (Å²) >= 11 is 0. The first kappa shape index (κ1) is 18.1. The summed E-state index contributed by atoms with van der Waals surface area (Å²) in [7, 11) is 3.21. The summed E-state index contributed by atoms with van der Waals surface area (Å²) in [6.07, 6.45) is 3.64. The molecule has 0 fully saturated rings. The smallest absolute Gasteiger partial charge is 0.307 e. The average Bonchev–Trinajstić information content (AvgIpc) is 3.20. The second-order valence-electron chi connectivity index (χ2n) is 5.52. The highest BCUT2D eigenvalue weighted by atomic mass is 16.6. The molecule has 2 rings (SSSR count). The Bertz CT molecular complexity index is 808. The molecule has 2 amide bonds. The largest absolute Gasteiger partial charge is 0.343 e. The van der Waals surface area contributed by atoms with Crippen molar-refractivity contribution in [2.24, 2.45) is 0 Å². The van der Waals surface area contributed by atoms with Crippen LogP contribution in [0.5, 0.6) is 0 Å². The number of nitrogens with one attached hydrogen (secondary N) is 1. The highest BCUT2D eigenvalue weighted by Gasteiger charge is 2.24. The van der Waals surface area contributed by atoms with Crippen LogP contribution in [0.1, 0.15) is 30.4 Å². The van der Waals surface area contributed by atoms with E-state index in [1.807, 2.05) is 6.92 Å². The van der Waals surface area contributed by atoms with Crippen molar-refractivity contribution < 1.29 is 14.5 Å². The maximum atomic E-state index is 12.4. The van der Waals surface area contributed by atoms with Gasteiger partial charge in [0.25, 0.3) is 5.91 Å². The molecule has 134 valence electrons. The van der Waals surface area contributed by atoms with Crippen LogP contribution in [0.25, 0.3) is 0 Å². The number of amides is 2. The Labute approximate surface area is 143 Å². The quantitative estimate of drug-likeness (QED) is 0.610. The Morgan fingerprint density at radius 3 is 2.56 bits per heavy atom. The van der Waals surface area contributed by atoms with Gasteiger partial charge in [0, 0.05) is 20.6 Å². The number of nitrogens with zero attached hydrogens (tertiary/aromatic N) is 6. The molecule has 1 unspecified atom stereocenters. The second kappa shape index (κ2) is 7.11. The fraction of sp³-hybridized carbons (Fsp3) is 0.429. The van der Waals surface area contributed by atoms with Gasteiger partial charge in [-0.1, -0.05) is 0 Å². The van der Waals surface area contributed by atoms with Crippen LogP contribution in [-0.4, -0.2) is 55.3 Å². The zero-order valence-electron chi connectivity index (χ0n) is 14.3. The van der Waals surface area contributed by atoms with Crippen LogP contribution in [0.2, 0.25) is 0 Å². The zero-order chi connectivity index (χ0) is 18.7. The average molecular weight is 349 g/mol. The minimum Gasteiger partial charge on any atom is -0.343 e. The van der Waals surface area contributed by atoms with E-state index in [-0.39, 0.29) is 23.0 Å². The Balaban J connectivity index is 2.23.